The van der Waals surface area contributed by atoms with Crippen LogP contribution in [-0.2, 0) is 11.0 Å². The van der Waals surface area contributed by atoms with Crippen LogP contribution in [0.4, 0.5) is 4.39 Å². The number of hydrogen-bond acceptors (Lipinski definition) is 4. The third-order valence-electron chi connectivity index (χ3n) is 2.56. The molecule has 1 aromatic carbocycles. The average molecular weight is 309 g/mol. The highest BCUT2D eigenvalue weighted by atomic mass is 32.2. The highest BCUT2D eigenvalue weighted by Gasteiger charge is 2.20. The zero-order chi connectivity index (χ0) is 15.6. The molecule has 0 amide bonds. The molecule has 0 N–H and O–H groups in total. The predicted molar refractivity (Wildman–Crippen MR) is 79.8 cm³/mol. The van der Waals surface area contributed by atoms with Gasteiger partial charge < -0.3 is 4.52 Å². The zero-order valence-corrected chi connectivity index (χ0v) is 13.1. The standard InChI is InChI=1S/C14H16FN3O2S/c1-9(18-21(19)14(2,3)4)12-16-13(20-17-12)10-6-5-7-11(15)8-10/h5-8H,1-4H3/b18-9+/t21-/m1/s1. The van der Waals surface area contributed by atoms with Gasteiger partial charge in [0, 0.05) is 5.56 Å². The van der Waals surface area contributed by atoms with E-state index in [1.165, 1.54) is 12.1 Å². The minimum atomic E-state index is -1.40. The lowest BCUT2D eigenvalue weighted by Gasteiger charge is -2.13. The molecule has 1 atom stereocenters. The minimum Gasteiger partial charge on any atom is -0.334 e. The lowest BCUT2D eigenvalue weighted by atomic mass is 10.2. The molecule has 0 aliphatic heterocycles. The van der Waals surface area contributed by atoms with E-state index in [0.29, 0.717) is 11.3 Å². The average Bonchev–Trinajstić information content (AvgIpc) is 2.87. The van der Waals surface area contributed by atoms with Gasteiger partial charge in [-0.05, 0) is 45.9 Å². The molecule has 0 fully saturated rings. The van der Waals surface area contributed by atoms with E-state index in [1.54, 1.807) is 19.1 Å². The van der Waals surface area contributed by atoms with Crippen LogP contribution in [0.15, 0.2) is 33.2 Å². The van der Waals surface area contributed by atoms with Gasteiger partial charge in [0.2, 0.25) is 5.82 Å². The molecule has 0 radical (unpaired) electrons. The second kappa shape index (κ2) is 5.85. The molecule has 0 spiro atoms. The Bertz CT molecular complexity index is 704. The van der Waals surface area contributed by atoms with Crippen LogP contribution in [0, 0.1) is 5.82 Å². The molecule has 0 unspecified atom stereocenters. The Balaban J connectivity index is 2.28. The first-order valence-corrected chi connectivity index (χ1v) is 7.45. The summed E-state index contributed by atoms with van der Waals surface area (Å²) in [5.74, 6) is 0.0546. The van der Waals surface area contributed by atoms with Crippen molar-refractivity contribution in [2.45, 2.75) is 32.4 Å². The summed E-state index contributed by atoms with van der Waals surface area (Å²) in [4.78, 5) is 4.15. The van der Waals surface area contributed by atoms with E-state index in [0.717, 1.165) is 0 Å². The van der Waals surface area contributed by atoms with Crippen molar-refractivity contribution in [2.24, 2.45) is 4.40 Å². The molecule has 2 rings (SSSR count). The smallest absolute Gasteiger partial charge is 0.258 e. The molecular formula is C14H16FN3O2S. The van der Waals surface area contributed by atoms with Gasteiger partial charge in [-0.3, -0.25) is 0 Å². The monoisotopic (exact) mass is 309 g/mol. The number of aromatic nitrogens is 2. The molecule has 0 aliphatic rings. The summed E-state index contributed by atoms with van der Waals surface area (Å²) in [6.45, 7) is 7.14. The summed E-state index contributed by atoms with van der Waals surface area (Å²) < 4.78 is 33.8. The van der Waals surface area contributed by atoms with Gasteiger partial charge in [0.05, 0.1) is 10.5 Å². The van der Waals surface area contributed by atoms with Crippen molar-refractivity contribution in [3.8, 4) is 11.5 Å². The first-order valence-electron chi connectivity index (χ1n) is 6.34. The summed E-state index contributed by atoms with van der Waals surface area (Å²) >= 11 is 0. The van der Waals surface area contributed by atoms with Gasteiger partial charge >= 0.3 is 0 Å². The summed E-state index contributed by atoms with van der Waals surface area (Å²) in [5, 5.41) is 3.78. The Kier molecular flexibility index (Phi) is 4.32. The fraction of sp³-hybridized carbons (Fsp3) is 0.357. The summed E-state index contributed by atoms with van der Waals surface area (Å²) in [6, 6.07) is 5.86. The van der Waals surface area contributed by atoms with Gasteiger partial charge in [-0.25, -0.2) is 8.60 Å². The first-order chi connectivity index (χ1) is 9.77. The third kappa shape index (κ3) is 3.81. The highest BCUT2D eigenvalue weighted by molar-refractivity contribution is 7.85. The summed E-state index contributed by atoms with van der Waals surface area (Å²) in [7, 11) is -1.40. The molecule has 0 saturated carbocycles. The van der Waals surface area contributed by atoms with Crippen LogP contribution in [0.3, 0.4) is 0 Å². The zero-order valence-electron chi connectivity index (χ0n) is 12.3. The van der Waals surface area contributed by atoms with Crippen molar-refractivity contribution >= 4 is 16.7 Å². The Hall–Kier alpha value is -1.89. The Morgan fingerprint density at radius 1 is 1.38 bits per heavy atom. The summed E-state index contributed by atoms with van der Waals surface area (Å²) in [5.41, 5.74) is 0.896. The van der Waals surface area contributed by atoms with Crippen molar-refractivity contribution in [3.63, 3.8) is 0 Å². The highest BCUT2D eigenvalue weighted by Crippen LogP contribution is 2.19. The maximum absolute atomic E-state index is 13.2. The lowest BCUT2D eigenvalue weighted by molar-refractivity contribution is 0.428. The molecule has 2 aromatic rings. The number of nitrogens with zero attached hydrogens (tertiary/aromatic N) is 3. The molecule has 21 heavy (non-hydrogen) atoms. The molecule has 0 saturated heterocycles. The van der Waals surface area contributed by atoms with Crippen molar-refractivity contribution in [3.05, 3.63) is 35.9 Å². The normalized spacial score (nSPS) is 14.2. The van der Waals surface area contributed by atoms with Gasteiger partial charge in [0.15, 0.2) is 0 Å². The Morgan fingerprint density at radius 2 is 2.10 bits per heavy atom. The predicted octanol–water partition coefficient (Wildman–Crippen LogP) is 3.15. The molecule has 5 nitrogen and oxygen atoms in total. The van der Waals surface area contributed by atoms with Crippen molar-refractivity contribution < 1.29 is 13.1 Å². The quantitative estimate of drug-likeness (QED) is 0.817. The lowest BCUT2D eigenvalue weighted by Crippen LogP contribution is -2.20. The van der Waals surface area contributed by atoms with Crippen molar-refractivity contribution in [1.29, 1.82) is 0 Å². The SMILES string of the molecule is C/C(=N\[S@](=O)C(C)(C)C)c1noc(-c2cccc(F)c2)n1. The van der Waals surface area contributed by atoms with Gasteiger partial charge in [-0.1, -0.05) is 11.2 Å². The fourth-order valence-electron chi connectivity index (χ4n) is 1.41. The second-order valence-corrected chi connectivity index (χ2v) is 7.38. The largest absolute Gasteiger partial charge is 0.334 e. The van der Waals surface area contributed by atoms with Gasteiger partial charge in [0.1, 0.15) is 16.8 Å². The molecule has 7 heteroatoms. The maximum Gasteiger partial charge on any atom is 0.258 e. The maximum atomic E-state index is 13.2. The van der Waals surface area contributed by atoms with Crippen LogP contribution in [0.5, 0.6) is 0 Å². The molecule has 0 bridgehead atoms. The second-order valence-electron chi connectivity index (χ2n) is 5.47. The Morgan fingerprint density at radius 3 is 2.71 bits per heavy atom. The van der Waals surface area contributed by atoms with Crippen molar-refractivity contribution in [2.75, 3.05) is 0 Å². The van der Waals surface area contributed by atoms with E-state index in [9.17, 15) is 8.60 Å². The van der Waals surface area contributed by atoms with E-state index >= 15 is 0 Å². The van der Waals surface area contributed by atoms with E-state index in [-0.39, 0.29) is 17.5 Å². The number of benzene rings is 1. The molecule has 112 valence electrons. The molecule has 0 aliphatic carbocycles. The third-order valence-corrected chi connectivity index (χ3v) is 4.05. The number of halogens is 1. The first kappa shape index (κ1) is 15.5. The van der Waals surface area contributed by atoms with E-state index < -0.39 is 15.7 Å². The Labute approximate surface area is 124 Å². The van der Waals surface area contributed by atoms with Crippen LogP contribution in [-0.4, -0.2) is 24.8 Å². The van der Waals surface area contributed by atoms with E-state index in [2.05, 4.69) is 14.5 Å². The van der Waals surface area contributed by atoms with Gasteiger partial charge in [0.25, 0.3) is 5.89 Å². The van der Waals surface area contributed by atoms with Crippen molar-refractivity contribution in [1.82, 2.24) is 10.1 Å². The van der Waals surface area contributed by atoms with Crippen LogP contribution in [0.25, 0.3) is 11.5 Å². The van der Waals surface area contributed by atoms with Gasteiger partial charge in [-0.2, -0.15) is 9.38 Å². The topological polar surface area (TPSA) is 68.3 Å². The summed E-state index contributed by atoms with van der Waals surface area (Å²) in [6.07, 6.45) is 0. The van der Waals surface area contributed by atoms with Crippen LogP contribution in [0.2, 0.25) is 0 Å². The minimum absolute atomic E-state index is 0.195. The molecule has 1 aromatic heterocycles. The van der Waals surface area contributed by atoms with E-state index in [1.807, 2.05) is 20.8 Å². The number of hydrogen-bond donors (Lipinski definition) is 0. The molecule has 1 heterocycles. The van der Waals surface area contributed by atoms with E-state index in [4.69, 9.17) is 4.52 Å². The number of rotatable bonds is 3. The fourth-order valence-corrected chi connectivity index (χ4v) is 2.02. The van der Waals surface area contributed by atoms with Crippen LogP contribution in [0.1, 0.15) is 33.5 Å². The van der Waals surface area contributed by atoms with Gasteiger partial charge in [-0.15, -0.1) is 0 Å². The van der Waals surface area contributed by atoms with Crippen LogP contribution >= 0.6 is 0 Å². The van der Waals surface area contributed by atoms with Crippen LogP contribution < -0.4 is 0 Å². The molecular weight excluding hydrogens is 293 g/mol.